The zero-order valence-electron chi connectivity index (χ0n) is 9.47. The zero-order chi connectivity index (χ0) is 10.8. The SMILES string of the molecule is c1ccc2nn(CCN3CCCC3)cc2c1. The lowest BCUT2D eigenvalue weighted by molar-refractivity contribution is 0.316. The molecule has 0 bridgehead atoms. The number of fused-ring (bicyclic) bond motifs is 1. The molecule has 0 unspecified atom stereocenters. The largest absolute Gasteiger partial charge is 0.301 e. The van der Waals surface area contributed by atoms with Gasteiger partial charge in [0.2, 0.25) is 0 Å². The van der Waals surface area contributed by atoms with Crippen LogP contribution in [0.15, 0.2) is 30.5 Å². The molecule has 0 N–H and O–H groups in total. The Hall–Kier alpha value is -1.35. The second-order valence-corrected chi connectivity index (χ2v) is 4.50. The summed E-state index contributed by atoms with van der Waals surface area (Å²) in [7, 11) is 0. The first-order valence-corrected chi connectivity index (χ1v) is 6.06. The summed E-state index contributed by atoms with van der Waals surface area (Å²) in [5.41, 5.74) is 1.10. The maximum Gasteiger partial charge on any atom is 0.0923 e. The molecule has 0 amide bonds. The van der Waals surface area contributed by atoms with E-state index in [-0.39, 0.29) is 0 Å². The molecular weight excluding hydrogens is 198 g/mol. The first-order valence-electron chi connectivity index (χ1n) is 6.06. The average Bonchev–Trinajstić information content (AvgIpc) is 2.95. The molecule has 84 valence electrons. The molecule has 3 rings (SSSR count). The van der Waals surface area contributed by atoms with Gasteiger partial charge in [-0.1, -0.05) is 18.2 Å². The number of benzene rings is 1. The van der Waals surface area contributed by atoms with Crippen molar-refractivity contribution in [1.82, 2.24) is 14.7 Å². The van der Waals surface area contributed by atoms with Gasteiger partial charge in [0.05, 0.1) is 12.1 Å². The molecule has 1 aromatic carbocycles. The van der Waals surface area contributed by atoms with E-state index in [1.165, 1.54) is 31.3 Å². The molecule has 3 nitrogen and oxygen atoms in total. The third kappa shape index (κ3) is 1.95. The number of hydrogen-bond acceptors (Lipinski definition) is 2. The van der Waals surface area contributed by atoms with Crippen LogP contribution in [0.5, 0.6) is 0 Å². The maximum atomic E-state index is 4.56. The molecule has 1 saturated heterocycles. The lowest BCUT2D eigenvalue weighted by Gasteiger charge is -2.13. The molecule has 2 aromatic rings. The van der Waals surface area contributed by atoms with Crippen molar-refractivity contribution in [2.24, 2.45) is 0 Å². The fraction of sp³-hybridized carbons (Fsp3) is 0.462. The van der Waals surface area contributed by atoms with Crippen LogP contribution in [0.2, 0.25) is 0 Å². The molecule has 1 aliphatic heterocycles. The van der Waals surface area contributed by atoms with E-state index in [4.69, 9.17) is 0 Å². The Labute approximate surface area is 95.7 Å². The smallest absolute Gasteiger partial charge is 0.0923 e. The van der Waals surface area contributed by atoms with Gasteiger partial charge in [0.25, 0.3) is 0 Å². The van der Waals surface area contributed by atoms with Gasteiger partial charge in [0.1, 0.15) is 0 Å². The Morgan fingerprint density at radius 2 is 1.88 bits per heavy atom. The summed E-state index contributed by atoms with van der Waals surface area (Å²) in [4.78, 5) is 2.52. The van der Waals surface area contributed by atoms with Gasteiger partial charge < -0.3 is 4.90 Å². The van der Waals surface area contributed by atoms with Crippen LogP contribution in [-0.4, -0.2) is 34.3 Å². The maximum absolute atomic E-state index is 4.56. The molecule has 1 aliphatic rings. The summed E-state index contributed by atoms with van der Waals surface area (Å²) in [6.45, 7) is 4.67. The summed E-state index contributed by atoms with van der Waals surface area (Å²) in [5.74, 6) is 0. The highest BCUT2D eigenvalue weighted by Gasteiger charge is 2.11. The number of rotatable bonds is 3. The predicted octanol–water partition coefficient (Wildman–Crippen LogP) is 2.13. The van der Waals surface area contributed by atoms with Crippen molar-refractivity contribution in [1.29, 1.82) is 0 Å². The van der Waals surface area contributed by atoms with E-state index in [0.29, 0.717) is 0 Å². The number of hydrogen-bond donors (Lipinski definition) is 0. The van der Waals surface area contributed by atoms with Crippen LogP contribution in [-0.2, 0) is 6.54 Å². The number of nitrogens with zero attached hydrogens (tertiary/aromatic N) is 3. The summed E-state index contributed by atoms with van der Waals surface area (Å²) >= 11 is 0. The van der Waals surface area contributed by atoms with Crippen molar-refractivity contribution in [2.75, 3.05) is 19.6 Å². The highest BCUT2D eigenvalue weighted by atomic mass is 15.3. The van der Waals surface area contributed by atoms with E-state index in [2.05, 4.69) is 39.1 Å². The van der Waals surface area contributed by atoms with Gasteiger partial charge in [-0.3, -0.25) is 4.68 Å². The van der Waals surface area contributed by atoms with E-state index >= 15 is 0 Å². The molecule has 0 atom stereocenters. The monoisotopic (exact) mass is 215 g/mol. The van der Waals surface area contributed by atoms with Gasteiger partial charge in [-0.15, -0.1) is 0 Å². The molecular formula is C13H17N3. The van der Waals surface area contributed by atoms with Crippen molar-refractivity contribution in [3.63, 3.8) is 0 Å². The van der Waals surface area contributed by atoms with E-state index < -0.39 is 0 Å². The van der Waals surface area contributed by atoms with Crippen molar-refractivity contribution in [3.05, 3.63) is 30.5 Å². The van der Waals surface area contributed by atoms with Gasteiger partial charge >= 0.3 is 0 Å². The van der Waals surface area contributed by atoms with Crippen molar-refractivity contribution >= 4 is 10.9 Å². The molecule has 1 fully saturated rings. The minimum Gasteiger partial charge on any atom is -0.301 e. The fourth-order valence-corrected chi connectivity index (χ4v) is 2.38. The van der Waals surface area contributed by atoms with E-state index in [1.807, 2.05) is 6.07 Å². The molecule has 2 heterocycles. The van der Waals surface area contributed by atoms with Gasteiger partial charge in [0, 0.05) is 18.1 Å². The van der Waals surface area contributed by atoms with Gasteiger partial charge in [-0.25, -0.2) is 0 Å². The summed E-state index contributed by atoms with van der Waals surface area (Å²) in [6.07, 6.45) is 4.87. The highest BCUT2D eigenvalue weighted by molar-refractivity contribution is 5.77. The summed E-state index contributed by atoms with van der Waals surface area (Å²) < 4.78 is 2.07. The van der Waals surface area contributed by atoms with Crippen LogP contribution in [0.4, 0.5) is 0 Å². The first-order chi connectivity index (χ1) is 7.92. The number of likely N-dealkylation sites (tertiary alicyclic amines) is 1. The van der Waals surface area contributed by atoms with Crippen LogP contribution in [0.3, 0.4) is 0 Å². The van der Waals surface area contributed by atoms with Gasteiger partial charge in [-0.05, 0) is 32.0 Å². The van der Waals surface area contributed by atoms with E-state index in [0.717, 1.165) is 18.6 Å². The average molecular weight is 215 g/mol. The Bertz CT molecular complexity index is 436. The van der Waals surface area contributed by atoms with Crippen LogP contribution < -0.4 is 0 Å². The fourth-order valence-electron chi connectivity index (χ4n) is 2.38. The Kier molecular flexibility index (Phi) is 2.62. The Morgan fingerprint density at radius 1 is 1.06 bits per heavy atom. The second kappa shape index (κ2) is 4.26. The molecule has 1 aromatic heterocycles. The molecule has 0 radical (unpaired) electrons. The van der Waals surface area contributed by atoms with Gasteiger partial charge in [-0.2, -0.15) is 5.10 Å². The third-order valence-electron chi connectivity index (χ3n) is 3.31. The zero-order valence-corrected chi connectivity index (χ0v) is 9.47. The van der Waals surface area contributed by atoms with Gasteiger partial charge in [0.15, 0.2) is 0 Å². The predicted molar refractivity (Wildman–Crippen MR) is 65.4 cm³/mol. The molecule has 3 heteroatoms. The topological polar surface area (TPSA) is 21.1 Å². The summed E-state index contributed by atoms with van der Waals surface area (Å²) in [6, 6.07) is 8.30. The highest BCUT2D eigenvalue weighted by Crippen LogP contribution is 2.11. The Morgan fingerprint density at radius 3 is 2.69 bits per heavy atom. The van der Waals surface area contributed by atoms with E-state index in [9.17, 15) is 0 Å². The lowest BCUT2D eigenvalue weighted by atomic mass is 10.3. The molecule has 0 saturated carbocycles. The summed E-state index contributed by atoms with van der Waals surface area (Å²) in [5, 5.41) is 5.80. The molecule has 16 heavy (non-hydrogen) atoms. The second-order valence-electron chi connectivity index (χ2n) is 4.50. The number of aromatic nitrogens is 2. The molecule has 0 aliphatic carbocycles. The van der Waals surface area contributed by atoms with Crippen LogP contribution in [0.25, 0.3) is 10.9 Å². The normalized spacial score (nSPS) is 17.2. The van der Waals surface area contributed by atoms with Crippen LogP contribution in [0, 0.1) is 0 Å². The Balaban J connectivity index is 1.69. The minimum atomic E-state index is 1.01. The van der Waals surface area contributed by atoms with Crippen molar-refractivity contribution in [2.45, 2.75) is 19.4 Å². The minimum absolute atomic E-state index is 1.01. The standard InChI is InChI=1S/C13H17N3/c1-2-6-13-12(5-1)11-16(14-13)10-9-15-7-3-4-8-15/h1-2,5-6,11H,3-4,7-10H2. The van der Waals surface area contributed by atoms with Crippen LogP contribution in [0.1, 0.15) is 12.8 Å². The van der Waals surface area contributed by atoms with Crippen LogP contribution >= 0.6 is 0 Å². The van der Waals surface area contributed by atoms with Crippen molar-refractivity contribution < 1.29 is 0 Å². The van der Waals surface area contributed by atoms with Crippen molar-refractivity contribution in [3.8, 4) is 0 Å². The third-order valence-corrected chi connectivity index (χ3v) is 3.31. The quantitative estimate of drug-likeness (QED) is 0.782. The van der Waals surface area contributed by atoms with E-state index in [1.54, 1.807) is 0 Å². The molecule has 0 spiro atoms. The lowest BCUT2D eigenvalue weighted by Crippen LogP contribution is -2.24. The first kappa shape index (κ1) is 9.85.